The lowest BCUT2D eigenvalue weighted by atomic mass is 10.0. The predicted molar refractivity (Wildman–Crippen MR) is 103 cm³/mol. The van der Waals surface area contributed by atoms with Crippen molar-refractivity contribution in [3.8, 4) is 0 Å². The Morgan fingerprint density at radius 3 is 2.44 bits per heavy atom. The standard InChI is InChI=1S/C20H24N2O4S/c1-26-20(23)12-14-21(15-17-7-3-2-4-8-17)27(24,25)22-13-11-18-9-5-6-10-19(18)16-22/h2-10H,11-16H2,1H3. The van der Waals surface area contributed by atoms with Crippen LogP contribution in [0.3, 0.4) is 0 Å². The Bertz CT molecular complexity index is 884. The Labute approximate surface area is 160 Å². The van der Waals surface area contributed by atoms with E-state index in [1.807, 2.05) is 54.6 Å². The topological polar surface area (TPSA) is 66.9 Å². The van der Waals surface area contributed by atoms with Gasteiger partial charge in [0.1, 0.15) is 0 Å². The number of fused-ring (bicyclic) bond motifs is 1. The summed E-state index contributed by atoms with van der Waals surface area (Å²) in [6.45, 7) is 1.09. The molecule has 0 atom stereocenters. The number of hydrogen-bond acceptors (Lipinski definition) is 4. The molecule has 6 nitrogen and oxygen atoms in total. The number of carbonyl (C=O) groups excluding carboxylic acids is 1. The van der Waals surface area contributed by atoms with Gasteiger partial charge in [-0.25, -0.2) is 0 Å². The van der Waals surface area contributed by atoms with E-state index < -0.39 is 16.2 Å². The first-order valence-electron chi connectivity index (χ1n) is 8.93. The van der Waals surface area contributed by atoms with Crippen molar-refractivity contribution in [1.29, 1.82) is 0 Å². The molecule has 0 radical (unpaired) electrons. The van der Waals surface area contributed by atoms with Crippen molar-refractivity contribution in [1.82, 2.24) is 8.61 Å². The van der Waals surface area contributed by atoms with Crippen LogP contribution in [-0.4, -0.2) is 43.2 Å². The van der Waals surface area contributed by atoms with Gasteiger partial charge in [0.15, 0.2) is 0 Å². The molecule has 0 saturated carbocycles. The molecule has 0 fully saturated rings. The zero-order valence-electron chi connectivity index (χ0n) is 15.4. The van der Waals surface area contributed by atoms with Crippen LogP contribution >= 0.6 is 0 Å². The van der Waals surface area contributed by atoms with Gasteiger partial charge >= 0.3 is 5.97 Å². The fourth-order valence-corrected chi connectivity index (χ4v) is 4.80. The van der Waals surface area contributed by atoms with Crippen LogP contribution in [-0.2, 0) is 39.3 Å². The minimum absolute atomic E-state index is 0.0208. The number of nitrogens with zero attached hydrogens (tertiary/aromatic N) is 2. The third-order valence-electron chi connectivity index (χ3n) is 4.74. The third kappa shape index (κ3) is 4.74. The SMILES string of the molecule is COC(=O)CCN(Cc1ccccc1)S(=O)(=O)N1CCc2ccccc2C1. The highest BCUT2D eigenvalue weighted by molar-refractivity contribution is 7.86. The summed E-state index contributed by atoms with van der Waals surface area (Å²) in [4.78, 5) is 11.6. The lowest BCUT2D eigenvalue weighted by Gasteiger charge is -2.33. The van der Waals surface area contributed by atoms with Crippen LogP contribution in [0, 0.1) is 0 Å². The first-order chi connectivity index (χ1) is 13.0. The molecule has 7 heteroatoms. The zero-order valence-corrected chi connectivity index (χ0v) is 16.2. The second-order valence-electron chi connectivity index (χ2n) is 6.51. The summed E-state index contributed by atoms with van der Waals surface area (Å²) >= 11 is 0. The predicted octanol–water partition coefficient (Wildman–Crippen LogP) is 2.35. The summed E-state index contributed by atoms with van der Waals surface area (Å²) in [6, 6.07) is 17.3. The summed E-state index contributed by atoms with van der Waals surface area (Å²) in [5.41, 5.74) is 3.09. The monoisotopic (exact) mass is 388 g/mol. The first-order valence-corrected chi connectivity index (χ1v) is 10.3. The van der Waals surface area contributed by atoms with Gasteiger partial charge in [-0.05, 0) is 23.1 Å². The maximum atomic E-state index is 13.3. The summed E-state index contributed by atoms with van der Waals surface area (Å²) < 4.78 is 34.1. The second-order valence-corrected chi connectivity index (χ2v) is 8.43. The molecule has 0 aromatic heterocycles. The van der Waals surface area contributed by atoms with Crippen LogP contribution in [0.15, 0.2) is 54.6 Å². The smallest absolute Gasteiger partial charge is 0.306 e. The van der Waals surface area contributed by atoms with Crippen LogP contribution < -0.4 is 0 Å². The molecule has 0 N–H and O–H groups in total. The van der Waals surface area contributed by atoms with E-state index in [4.69, 9.17) is 0 Å². The third-order valence-corrected chi connectivity index (χ3v) is 6.67. The molecule has 0 spiro atoms. The van der Waals surface area contributed by atoms with E-state index in [9.17, 15) is 13.2 Å². The molecule has 0 unspecified atom stereocenters. The fourth-order valence-electron chi connectivity index (χ4n) is 3.21. The fraction of sp³-hybridized carbons (Fsp3) is 0.350. The van der Waals surface area contributed by atoms with Crippen molar-refractivity contribution in [2.75, 3.05) is 20.2 Å². The highest BCUT2D eigenvalue weighted by atomic mass is 32.2. The minimum Gasteiger partial charge on any atom is -0.469 e. The number of benzene rings is 2. The number of methoxy groups -OCH3 is 1. The molecule has 27 heavy (non-hydrogen) atoms. The van der Waals surface area contributed by atoms with E-state index in [-0.39, 0.29) is 19.5 Å². The summed E-state index contributed by atoms with van der Waals surface area (Å²) in [5, 5.41) is 0. The van der Waals surface area contributed by atoms with Gasteiger partial charge in [-0.1, -0.05) is 54.6 Å². The molecule has 1 aliphatic heterocycles. The molecule has 0 bridgehead atoms. The Morgan fingerprint density at radius 1 is 1.07 bits per heavy atom. The van der Waals surface area contributed by atoms with Gasteiger partial charge in [0, 0.05) is 26.2 Å². The van der Waals surface area contributed by atoms with Crippen molar-refractivity contribution < 1.29 is 17.9 Å². The van der Waals surface area contributed by atoms with E-state index in [0.29, 0.717) is 19.5 Å². The maximum Gasteiger partial charge on any atom is 0.306 e. The van der Waals surface area contributed by atoms with Crippen molar-refractivity contribution in [2.24, 2.45) is 0 Å². The Morgan fingerprint density at radius 2 is 1.74 bits per heavy atom. The van der Waals surface area contributed by atoms with E-state index >= 15 is 0 Å². The normalized spacial score (nSPS) is 14.7. The lowest BCUT2D eigenvalue weighted by molar-refractivity contribution is -0.140. The molecule has 1 aliphatic rings. The summed E-state index contributed by atoms with van der Waals surface area (Å²) in [6.07, 6.45) is 0.707. The molecule has 0 saturated heterocycles. The second kappa shape index (κ2) is 8.65. The van der Waals surface area contributed by atoms with Crippen molar-refractivity contribution in [3.63, 3.8) is 0 Å². The summed E-state index contributed by atoms with van der Waals surface area (Å²) in [5.74, 6) is -0.424. The van der Waals surface area contributed by atoms with Crippen LogP contribution in [0.4, 0.5) is 0 Å². The molecule has 2 aromatic carbocycles. The molecule has 0 amide bonds. The van der Waals surface area contributed by atoms with Crippen LogP contribution in [0.1, 0.15) is 23.1 Å². The van der Waals surface area contributed by atoms with Crippen LogP contribution in [0.2, 0.25) is 0 Å². The average Bonchev–Trinajstić information content (AvgIpc) is 2.71. The Balaban J connectivity index is 1.82. The van der Waals surface area contributed by atoms with Gasteiger partial charge in [0.05, 0.1) is 13.5 Å². The Hall–Kier alpha value is -2.22. The quantitative estimate of drug-likeness (QED) is 0.683. The van der Waals surface area contributed by atoms with Crippen LogP contribution in [0.5, 0.6) is 0 Å². The van der Waals surface area contributed by atoms with Crippen molar-refractivity contribution in [3.05, 3.63) is 71.3 Å². The molecule has 0 aliphatic carbocycles. The number of rotatable bonds is 7. The Kier molecular flexibility index (Phi) is 6.26. The molecular weight excluding hydrogens is 364 g/mol. The van der Waals surface area contributed by atoms with Gasteiger partial charge in [-0.15, -0.1) is 0 Å². The number of ether oxygens (including phenoxy) is 1. The zero-order chi connectivity index (χ0) is 19.3. The van der Waals surface area contributed by atoms with E-state index in [2.05, 4.69) is 4.74 Å². The van der Waals surface area contributed by atoms with Gasteiger partial charge in [-0.3, -0.25) is 4.79 Å². The summed E-state index contributed by atoms with van der Waals surface area (Å²) in [7, 11) is -2.40. The van der Waals surface area contributed by atoms with E-state index in [1.54, 1.807) is 0 Å². The first kappa shape index (κ1) is 19.5. The van der Waals surface area contributed by atoms with Gasteiger partial charge in [-0.2, -0.15) is 17.0 Å². The maximum absolute atomic E-state index is 13.3. The van der Waals surface area contributed by atoms with Gasteiger partial charge < -0.3 is 4.74 Å². The number of carbonyl (C=O) groups is 1. The van der Waals surface area contributed by atoms with Crippen molar-refractivity contribution >= 4 is 16.2 Å². The highest BCUT2D eigenvalue weighted by Crippen LogP contribution is 2.23. The highest BCUT2D eigenvalue weighted by Gasteiger charge is 2.32. The average molecular weight is 388 g/mol. The molecule has 144 valence electrons. The minimum atomic E-state index is -3.71. The molecule has 3 rings (SSSR count). The number of hydrogen-bond donors (Lipinski definition) is 0. The van der Waals surface area contributed by atoms with Gasteiger partial charge in [0.2, 0.25) is 0 Å². The largest absolute Gasteiger partial charge is 0.469 e. The lowest BCUT2D eigenvalue weighted by Crippen LogP contribution is -2.46. The molecule has 2 aromatic rings. The molecular formula is C20H24N2O4S. The molecule has 1 heterocycles. The van der Waals surface area contributed by atoms with Crippen molar-refractivity contribution in [2.45, 2.75) is 25.9 Å². The van der Waals surface area contributed by atoms with Gasteiger partial charge in [0.25, 0.3) is 10.2 Å². The van der Waals surface area contributed by atoms with Crippen LogP contribution in [0.25, 0.3) is 0 Å². The van der Waals surface area contributed by atoms with E-state index in [0.717, 1.165) is 11.1 Å². The van der Waals surface area contributed by atoms with E-state index in [1.165, 1.54) is 21.3 Å². The number of esters is 1.